The van der Waals surface area contributed by atoms with Crippen molar-refractivity contribution in [3.63, 3.8) is 0 Å². The van der Waals surface area contributed by atoms with E-state index in [0.717, 1.165) is 10.9 Å². The van der Waals surface area contributed by atoms with Gasteiger partial charge in [-0.1, -0.05) is 60.7 Å². The zero-order valence-corrected chi connectivity index (χ0v) is 34.4. The number of hydrogen-bond donors (Lipinski definition) is 10. The van der Waals surface area contributed by atoms with Crippen LogP contribution in [0.2, 0.25) is 0 Å². The molecular formula is C42H50N8O10S. The fraction of sp³-hybridized carbons (Fsp3) is 0.333. The number of phenols is 1. The second-order valence-electron chi connectivity index (χ2n) is 14.2. The van der Waals surface area contributed by atoms with Gasteiger partial charge in [0.2, 0.25) is 41.4 Å². The first-order chi connectivity index (χ1) is 29.1. The van der Waals surface area contributed by atoms with Crippen LogP contribution in [0.3, 0.4) is 0 Å². The van der Waals surface area contributed by atoms with Gasteiger partial charge in [0, 0.05) is 43.3 Å². The number of carboxylic acid groups (broad SMARTS) is 1. The molecule has 0 saturated carbocycles. The van der Waals surface area contributed by atoms with Gasteiger partial charge in [-0.05, 0) is 53.3 Å². The summed E-state index contributed by atoms with van der Waals surface area (Å²) in [5.41, 5.74) is 8.24. The van der Waals surface area contributed by atoms with Gasteiger partial charge in [-0.3, -0.25) is 38.4 Å². The van der Waals surface area contributed by atoms with Crippen molar-refractivity contribution in [2.24, 2.45) is 5.73 Å². The van der Waals surface area contributed by atoms with Gasteiger partial charge in [-0.25, -0.2) is 0 Å². The first-order valence-corrected chi connectivity index (χ1v) is 20.6. The topological polar surface area (TPSA) is 291 Å². The van der Waals surface area contributed by atoms with Gasteiger partial charge >= 0.3 is 5.97 Å². The smallest absolute Gasteiger partial charge is 0.305 e. The Hall–Kier alpha value is -6.89. The van der Waals surface area contributed by atoms with Crippen molar-refractivity contribution in [2.75, 3.05) is 18.6 Å². The molecule has 0 radical (unpaired) electrons. The van der Waals surface area contributed by atoms with Crippen molar-refractivity contribution < 1.29 is 48.6 Å². The molecule has 0 aliphatic carbocycles. The quantitative estimate of drug-likeness (QED) is 0.0480. The Balaban J connectivity index is 1.51. The zero-order valence-electron chi connectivity index (χ0n) is 33.6. The number of phenolic OH excluding ortho intramolecular Hbond substituents is 1. The molecule has 324 valence electrons. The molecule has 0 saturated heterocycles. The van der Waals surface area contributed by atoms with E-state index >= 15 is 0 Å². The highest BCUT2D eigenvalue weighted by atomic mass is 32.2. The summed E-state index contributed by atoms with van der Waals surface area (Å²) in [6.45, 7) is 0.638. The van der Waals surface area contributed by atoms with Gasteiger partial charge in [0.05, 0.1) is 13.0 Å². The second kappa shape index (κ2) is 23.0. The number of aromatic hydroxyl groups is 1. The second-order valence-corrected chi connectivity index (χ2v) is 15.2. The van der Waals surface area contributed by atoms with E-state index in [0.29, 0.717) is 22.4 Å². The third-order valence-corrected chi connectivity index (χ3v) is 10.1. The van der Waals surface area contributed by atoms with Crippen molar-refractivity contribution in [2.45, 2.75) is 69.2 Å². The summed E-state index contributed by atoms with van der Waals surface area (Å²) in [6.07, 6.45) is 2.60. The van der Waals surface area contributed by atoms with Crippen LogP contribution in [0.5, 0.6) is 5.75 Å². The minimum absolute atomic E-state index is 0.00493. The molecule has 4 aromatic rings. The van der Waals surface area contributed by atoms with Crippen molar-refractivity contribution >= 4 is 70.0 Å². The molecule has 7 amide bonds. The number of thioether (sulfide) groups is 1. The first kappa shape index (κ1) is 46.8. The largest absolute Gasteiger partial charge is 0.508 e. The SMILES string of the molecule is CSCC[C@H](NC(=O)[C@H](Cc1c[nH]c2ccccc12)NC(=O)CNC(=O)[C@H](Cc1ccc(O)cc1)NC(C)=O)C(=O)N[C@@H](CC(=O)O)C(=O)N[C@@H](Cc1ccccc1)C(N)=O. The number of primary amides is 1. The number of amides is 7. The standard InChI is InChI=1S/C42H50N8O10S/c1-24(51)46-33(19-26-12-14-28(52)15-13-26)39(57)45-23-36(53)47-34(20-27-22-44-30-11-7-6-10-29(27)30)41(59)48-31(16-17-61-2)40(58)50-35(21-37(54)55)42(60)49-32(38(43)56)18-25-8-4-3-5-9-25/h3-15,22,31-35,44,52H,16-21,23H2,1-2H3,(H2,43,56)(H,45,57)(H,46,51)(H,47,53)(H,48,59)(H,49,60)(H,50,58)(H,54,55)/t31-,32-,33-,34-,35-/m0/s1. The van der Waals surface area contributed by atoms with Gasteiger partial charge in [0.15, 0.2) is 0 Å². The van der Waals surface area contributed by atoms with Crippen molar-refractivity contribution in [1.29, 1.82) is 0 Å². The summed E-state index contributed by atoms with van der Waals surface area (Å²) in [7, 11) is 0. The van der Waals surface area contributed by atoms with E-state index in [2.05, 4.69) is 36.9 Å². The number of carbonyl (C=O) groups excluding carboxylic acids is 7. The molecule has 0 aliphatic heterocycles. The Morgan fingerprint density at radius 1 is 0.672 bits per heavy atom. The maximum absolute atomic E-state index is 14.1. The summed E-state index contributed by atoms with van der Waals surface area (Å²) in [6, 6.07) is 15.3. The number of aromatic nitrogens is 1. The number of nitrogens with one attached hydrogen (secondary N) is 7. The van der Waals surface area contributed by atoms with E-state index in [1.165, 1.54) is 30.8 Å². The van der Waals surface area contributed by atoms with Crippen LogP contribution < -0.4 is 37.6 Å². The van der Waals surface area contributed by atoms with Crippen LogP contribution in [0.25, 0.3) is 10.9 Å². The van der Waals surface area contributed by atoms with E-state index in [9.17, 15) is 48.6 Å². The Bertz CT molecular complexity index is 2180. The lowest BCUT2D eigenvalue weighted by Crippen LogP contribution is -2.59. The molecule has 61 heavy (non-hydrogen) atoms. The van der Waals surface area contributed by atoms with E-state index in [1.807, 2.05) is 18.2 Å². The van der Waals surface area contributed by atoms with Crippen molar-refractivity contribution in [3.05, 3.63) is 102 Å². The highest BCUT2D eigenvalue weighted by Crippen LogP contribution is 2.20. The van der Waals surface area contributed by atoms with Gasteiger partial charge < -0.3 is 52.8 Å². The number of carbonyl (C=O) groups is 8. The maximum Gasteiger partial charge on any atom is 0.305 e. The van der Waals surface area contributed by atoms with E-state index in [-0.39, 0.29) is 31.4 Å². The lowest BCUT2D eigenvalue weighted by Gasteiger charge is -2.26. The van der Waals surface area contributed by atoms with Crippen molar-refractivity contribution in [1.82, 2.24) is 36.9 Å². The summed E-state index contributed by atoms with van der Waals surface area (Å²) in [4.78, 5) is 107. The first-order valence-electron chi connectivity index (χ1n) is 19.3. The third-order valence-electron chi connectivity index (χ3n) is 9.44. The molecule has 18 nitrogen and oxygen atoms in total. The molecule has 3 aromatic carbocycles. The summed E-state index contributed by atoms with van der Waals surface area (Å²) in [5.74, 6) is -6.59. The average molecular weight is 859 g/mol. The minimum Gasteiger partial charge on any atom is -0.508 e. The monoisotopic (exact) mass is 858 g/mol. The third kappa shape index (κ3) is 15.0. The Morgan fingerprint density at radius 2 is 1.25 bits per heavy atom. The summed E-state index contributed by atoms with van der Waals surface area (Å²) >= 11 is 1.36. The lowest BCUT2D eigenvalue weighted by atomic mass is 10.0. The van der Waals surface area contributed by atoms with Crippen molar-refractivity contribution in [3.8, 4) is 5.75 Å². The number of benzene rings is 3. The number of rotatable bonds is 23. The molecular weight excluding hydrogens is 809 g/mol. The van der Waals surface area contributed by atoms with Crippen LogP contribution in [0.1, 0.15) is 36.5 Å². The predicted molar refractivity (Wildman–Crippen MR) is 227 cm³/mol. The number of H-pyrrole nitrogens is 1. The van der Waals surface area contributed by atoms with E-state index in [1.54, 1.807) is 61.0 Å². The molecule has 5 atom stereocenters. The fourth-order valence-corrected chi connectivity index (χ4v) is 6.84. The van der Waals surface area contributed by atoms with Crippen LogP contribution in [-0.2, 0) is 57.6 Å². The van der Waals surface area contributed by atoms with Crippen LogP contribution in [0.15, 0.2) is 85.1 Å². The number of nitrogens with two attached hydrogens (primary N) is 1. The van der Waals surface area contributed by atoms with Gasteiger partial charge in [0.25, 0.3) is 0 Å². The number of carboxylic acids is 1. The van der Waals surface area contributed by atoms with Gasteiger partial charge in [-0.15, -0.1) is 0 Å². The molecule has 0 unspecified atom stereocenters. The molecule has 0 fully saturated rings. The Kier molecular flexibility index (Phi) is 17.7. The molecule has 1 heterocycles. The Labute approximate surface area is 355 Å². The lowest BCUT2D eigenvalue weighted by molar-refractivity contribution is -0.141. The molecule has 4 rings (SSSR count). The number of hydrogen-bond acceptors (Lipinski definition) is 10. The normalized spacial score (nSPS) is 13.3. The van der Waals surface area contributed by atoms with E-state index < -0.39 is 90.5 Å². The van der Waals surface area contributed by atoms with Gasteiger partial charge in [0.1, 0.15) is 36.0 Å². The molecule has 0 spiro atoms. The molecule has 19 heteroatoms. The van der Waals surface area contributed by atoms with Crippen LogP contribution >= 0.6 is 11.8 Å². The maximum atomic E-state index is 14.1. The molecule has 11 N–H and O–H groups in total. The molecule has 0 aliphatic rings. The molecule has 1 aromatic heterocycles. The van der Waals surface area contributed by atoms with Crippen LogP contribution in [-0.4, -0.2) is 111 Å². The van der Waals surface area contributed by atoms with Crippen LogP contribution in [0.4, 0.5) is 0 Å². The Morgan fingerprint density at radius 3 is 1.90 bits per heavy atom. The summed E-state index contributed by atoms with van der Waals surface area (Å²) < 4.78 is 0. The fourth-order valence-electron chi connectivity index (χ4n) is 6.37. The highest BCUT2D eigenvalue weighted by molar-refractivity contribution is 7.98. The number of fused-ring (bicyclic) bond motifs is 1. The number of aliphatic carboxylic acids is 1. The molecule has 0 bridgehead atoms. The number of aromatic amines is 1. The predicted octanol–water partition coefficient (Wildman–Crippen LogP) is 0.175. The summed E-state index contributed by atoms with van der Waals surface area (Å²) in [5, 5.41) is 35.2. The van der Waals surface area contributed by atoms with E-state index in [4.69, 9.17) is 5.73 Å². The van der Waals surface area contributed by atoms with Gasteiger partial charge in [-0.2, -0.15) is 11.8 Å². The number of para-hydroxylation sites is 1. The minimum atomic E-state index is -1.67. The highest BCUT2D eigenvalue weighted by Gasteiger charge is 2.33. The zero-order chi connectivity index (χ0) is 44.5. The van der Waals surface area contributed by atoms with Crippen LogP contribution in [0, 0.1) is 0 Å². The average Bonchev–Trinajstić information content (AvgIpc) is 3.63.